The Morgan fingerprint density at radius 2 is 1.89 bits per heavy atom. The largest absolute Gasteiger partial charge is 0.493 e. The molecule has 0 saturated carbocycles. The van der Waals surface area contributed by atoms with Gasteiger partial charge in [0.1, 0.15) is 4.88 Å². The fourth-order valence-electron chi connectivity index (χ4n) is 1.79. The number of fused-ring (bicyclic) bond motifs is 1. The number of rotatable bonds is 4. The van der Waals surface area contributed by atoms with Gasteiger partial charge in [0.05, 0.1) is 26.5 Å². The maximum Gasteiger partial charge on any atom is 0.350 e. The lowest BCUT2D eigenvalue weighted by Gasteiger charge is -2.07. The van der Waals surface area contributed by atoms with Crippen molar-refractivity contribution in [2.75, 3.05) is 26.6 Å². The number of anilines is 1. The second kappa shape index (κ2) is 5.36. The summed E-state index contributed by atoms with van der Waals surface area (Å²) in [4.78, 5) is 12.2. The molecule has 0 radical (unpaired) electrons. The molecule has 19 heavy (non-hydrogen) atoms. The standard InChI is InChI=1S/C13H15NO4S/c1-4-18-13(15)12-11(14)7-5-8(16-2)9(17-3)6-10(7)19-12/h5-6H,4,14H2,1-3H3. The van der Waals surface area contributed by atoms with Crippen LogP contribution in [-0.4, -0.2) is 26.8 Å². The summed E-state index contributed by atoms with van der Waals surface area (Å²) in [7, 11) is 3.12. The summed E-state index contributed by atoms with van der Waals surface area (Å²) in [6.07, 6.45) is 0. The molecule has 1 heterocycles. The third-order valence-corrected chi connectivity index (χ3v) is 3.84. The van der Waals surface area contributed by atoms with Crippen molar-refractivity contribution in [2.45, 2.75) is 6.92 Å². The topological polar surface area (TPSA) is 70.8 Å². The number of ether oxygens (including phenoxy) is 3. The first-order valence-electron chi connectivity index (χ1n) is 5.73. The number of nitrogens with two attached hydrogens (primary N) is 1. The number of carbonyl (C=O) groups is 1. The number of benzene rings is 1. The lowest BCUT2D eigenvalue weighted by Crippen LogP contribution is -2.04. The van der Waals surface area contributed by atoms with Crippen molar-refractivity contribution >= 4 is 33.1 Å². The highest BCUT2D eigenvalue weighted by molar-refractivity contribution is 7.21. The molecule has 2 aromatic rings. The van der Waals surface area contributed by atoms with Gasteiger partial charge in [0.15, 0.2) is 11.5 Å². The van der Waals surface area contributed by atoms with Gasteiger partial charge in [0.2, 0.25) is 0 Å². The molecule has 1 aromatic carbocycles. The van der Waals surface area contributed by atoms with Crippen LogP contribution in [0.1, 0.15) is 16.6 Å². The molecule has 102 valence electrons. The molecular weight excluding hydrogens is 266 g/mol. The maximum absolute atomic E-state index is 11.8. The lowest BCUT2D eigenvalue weighted by atomic mass is 10.2. The average molecular weight is 281 g/mol. The van der Waals surface area contributed by atoms with Gasteiger partial charge in [-0.25, -0.2) is 4.79 Å². The Morgan fingerprint density at radius 3 is 2.47 bits per heavy atom. The third-order valence-electron chi connectivity index (χ3n) is 2.69. The van der Waals surface area contributed by atoms with E-state index in [1.165, 1.54) is 11.3 Å². The van der Waals surface area contributed by atoms with Crippen LogP contribution in [0, 0.1) is 0 Å². The summed E-state index contributed by atoms with van der Waals surface area (Å²) in [5.41, 5.74) is 6.41. The minimum absolute atomic E-state index is 0.319. The summed E-state index contributed by atoms with van der Waals surface area (Å²) in [5, 5.41) is 0.769. The zero-order valence-corrected chi connectivity index (χ0v) is 11.8. The van der Waals surface area contributed by atoms with Crippen molar-refractivity contribution in [3.05, 3.63) is 17.0 Å². The van der Waals surface area contributed by atoms with E-state index in [4.69, 9.17) is 19.9 Å². The van der Waals surface area contributed by atoms with Gasteiger partial charge in [-0.3, -0.25) is 0 Å². The fraction of sp³-hybridized carbons (Fsp3) is 0.308. The van der Waals surface area contributed by atoms with E-state index in [-0.39, 0.29) is 0 Å². The van der Waals surface area contributed by atoms with E-state index in [1.807, 2.05) is 0 Å². The highest BCUT2D eigenvalue weighted by Crippen LogP contribution is 2.40. The number of hydrogen-bond acceptors (Lipinski definition) is 6. The maximum atomic E-state index is 11.8. The van der Waals surface area contributed by atoms with E-state index in [1.54, 1.807) is 33.3 Å². The van der Waals surface area contributed by atoms with E-state index >= 15 is 0 Å². The van der Waals surface area contributed by atoms with E-state index in [0.29, 0.717) is 28.7 Å². The second-order valence-corrected chi connectivity index (χ2v) is 4.82. The van der Waals surface area contributed by atoms with Crippen LogP contribution in [-0.2, 0) is 4.74 Å². The van der Waals surface area contributed by atoms with Crippen molar-refractivity contribution in [3.8, 4) is 11.5 Å². The molecule has 0 bridgehead atoms. The van der Waals surface area contributed by atoms with Crippen molar-refractivity contribution in [2.24, 2.45) is 0 Å². The van der Waals surface area contributed by atoms with Gasteiger partial charge in [-0.1, -0.05) is 0 Å². The molecule has 6 heteroatoms. The fourth-order valence-corrected chi connectivity index (χ4v) is 2.82. The highest BCUT2D eigenvalue weighted by Gasteiger charge is 2.19. The van der Waals surface area contributed by atoms with Crippen molar-refractivity contribution in [1.29, 1.82) is 0 Å². The van der Waals surface area contributed by atoms with Gasteiger partial charge < -0.3 is 19.9 Å². The zero-order valence-electron chi connectivity index (χ0n) is 11.0. The normalized spacial score (nSPS) is 10.5. The van der Waals surface area contributed by atoms with Crippen molar-refractivity contribution < 1.29 is 19.0 Å². The predicted molar refractivity (Wildman–Crippen MR) is 75.3 cm³/mol. The molecule has 2 rings (SSSR count). The molecular formula is C13H15NO4S. The molecule has 2 N–H and O–H groups in total. The SMILES string of the molecule is CCOC(=O)c1sc2cc(OC)c(OC)cc2c1N. The van der Waals surface area contributed by atoms with Crippen LogP contribution < -0.4 is 15.2 Å². The van der Waals surface area contributed by atoms with Gasteiger partial charge in [0, 0.05) is 16.2 Å². The molecule has 1 aromatic heterocycles. The Labute approximate surface area is 114 Å². The number of nitrogen functional groups attached to an aromatic ring is 1. The molecule has 0 amide bonds. The van der Waals surface area contributed by atoms with Gasteiger partial charge >= 0.3 is 5.97 Å². The molecule has 5 nitrogen and oxygen atoms in total. The van der Waals surface area contributed by atoms with Gasteiger partial charge in [-0.2, -0.15) is 0 Å². The van der Waals surface area contributed by atoms with Crippen LogP contribution in [0.15, 0.2) is 12.1 Å². The number of hydrogen-bond donors (Lipinski definition) is 1. The quantitative estimate of drug-likeness (QED) is 0.872. The Kier molecular flexibility index (Phi) is 3.80. The summed E-state index contributed by atoms with van der Waals surface area (Å²) in [6, 6.07) is 3.57. The van der Waals surface area contributed by atoms with E-state index in [0.717, 1.165) is 10.1 Å². The Bertz CT molecular complexity index is 621. The Balaban J connectivity index is 2.60. The summed E-state index contributed by atoms with van der Waals surface area (Å²) in [5.74, 6) is 0.778. The van der Waals surface area contributed by atoms with Crippen LogP contribution in [0.5, 0.6) is 11.5 Å². The van der Waals surface area contributed by atoms with E-state index < -0.39 is 5.97 Å². The molecule has 0 saturated heterocycles. The molecule has 0 fully saturated rings. The zero-order chi connectivity index (χ0) is 14.0. The third kappa shape index (κ3) is 2.31. The number of esters is 1. The Hall–Kier alpha value is -1.95. The smallest absolute Gasteiger partial charge is 0.350 e. The van der Waals surface area contributed by atoms with E-state index in [2.05, 4.69) is 0 Å². The van der Waals surface area contributed by atoms with Crippen molar-refractivity contribution in [3.63, 3.8) is 0 Å². The molecule has 0 aliphatic heterocycles. The summed E-state index contributed by atoms with van der Waals surface area (Å²) < 4.78 is 16.3. The molecule has 0 aliphatic rings. The Morgan fingerprint density at radius 1 is 1.26 bits per heavy atom. The molecule has 0 unspecified atom stereocenters. The predicted octanol–water partition coefficient (Wildman–Crippen LogP) is 2.68. The molecule has 0 spiro atoms. The minimum atomic E-state index is -0.404. The number of thiophene rings is 1. The first-order chi connectivity index (χ1) is 9.12. The van der Waals surface area contributed by atoms with Crippen LogP contribution in [0.3, 0.4) is 0 Å². The van der Waals surface area contributed by atoms with Crippen LogP contribution in [0.2, 0.25) is 0 Å². The van der Waals surface area contributed by atoms with Crippen LogP contribution in [0.4, 0.5) is 5.69 Å². The lowest BCUT2D eigenvalue weighted by molar-refractivity contribution is 0.0533. The highest BCUT2D eigenvalue weighted by atomic mass is 32.1. The van der Waals surface area contributed by atoms with Gasteiger partial charge in [-0.15, -0.1) is 11.3 Å². The van der Waals surface area contributed by atoms with Crippen molar-refractivity contribution in [1.82, 2.24) is 0 Å². The molecule has 0 atom stereocenters. The van der Waals surface area contributed by atoms with Gasteiger partial charge in [-0.05, 0) is 13.0 Å². The van der Waals surface area contributed by atoms with E-state index in [9.17, 15) is 4.79 Å². The second-order valence-electron chi connectivity index (χ2n) is 3.77. The number of carbonyl (C=O) groups excluding carboxylic acids is 1. The van der Waals surface area contributed by atoms with Crippen LogP contribution >= 0.6 is 11.3 Å². The average Bonchev–Trinajstić information content (AvgIpc) is 2.74. The van der Waals surface area contributed by atoms with Gasteiger partial charge in [0.25, 0.3) is 0 Å². The summed E-state index contributed by atoms with van der Waals surface area (Å²) in [6.45, 7) is 2.08. The van der Waals surface area contributed by atoms with Crippen LogP contribution in [0.25, 0.3) is 10.1 Å². The first-order valence-corrected chi connectivity index (χ1v) is 6.55. The first kappa shape index (κ1) is 13.5. The monoisotopic (exact) mass is 281 g/mol. The molecule has 0 aliphatic carbocycles. The minimum Gasteiger partial charge on any atom is -0.493 e. The number of methoxy groups -OCH3 is 2. The summed E-state index contributed by atoms with van der Waals surface area (Å²) >= 11 is 1.29.